The minimum absolute atomic E-state index is 0.0564. The molecule has 0 radical (unpaired) electrons. The van der Waals surface area contributed by atoms with Crippen LogP contribution in [-0.4, -0.2) is 33.4 Å². The zero-order valence-corrected chi connectivity index (χ0v) is 17.8. The molecule has 168 valence electrons. The van der Waals surface area contributed by atoms with Gasteiger partial charge in [-0.05, 0) is 80.5 Å². The van der Waals surface area contributed by atoms with E-state index in [2.05, 4.69) is 26.1 Å². The van der Waals surface area contributed by atoms with Crippen molar-refractivity contribution in [2.24, 2.45) is 17.8 Å². The standard InChI is InChI=1S/C22H26N6O4/c1-32-17-4-2-16(3-5-17)21(29)27-26-20-18(28(30)31)19(23-12-24-20)25-22-9-13-6-14(10-22)8-15(7-13)11-22/h2-5,12-15H,6-11H2,1H3,(H,27,29)(H2,23,24,25,26). The molecule has 0 atom stereocenters. The highest BCUT2D eigenvalue weighted by molar-refractivity contribution is 5.95. The number of carbonyl (C=O) groups is 1. The van der Waals surface area contributed by atoms with Crippen molar-refractivity contribution in [2.45, 2.75) is 44.1 Å². The van der Waals surface area contributed by atoms with Crippen LogP contribution in [0.25, 0.3) is 0 Å². The molecule has 10 heteroatoms. The van der Waals surface area contributed by atoms with Crippen LogP contribution in [0.1, 0.15) is 48.9 Å². The Balaban J connectivity index is 1.34. The molecule has 0 spiro atoms. The molecule has 4 aliphatic rings. The van der Waals surface area contributed by atoms with Gasteiger partial charge >= 0.3 is 5.69 Å². The van der Waals surface area contributed by atoms with Crippen LogP contribution in [0.5, 0.6) is 5.75 Å². The Hall–Kier alpha value is -3.43. The van der Waals surface area contributed by atoms with E-state index < -0.39 is 10.8 Å². The summed E-state index contributed by atoms with van der Waals surface area (Å²) in [4.78, 5) is 32.1. The van der Waals surface area contributed by atoms with E-state index >= 15 is 0 Å². The smallest absolute Gasteiger partial charge is 0.354 e. The molecule has 32 heavy (non-hydrogen) atoms. The third-order valence-corrected chi connectivity index (χ3v) is 7.07. The zero-order chi connectivity index (χ0) is 22.3. The second-order valence-corrected chi connectivity index (χ2v) is 9.31. The summed E-state index contributed by atoms with van der Waals surface area (Å²) >= 11 is 0. The average Bonchev–Trinajstić information content (AvgIpc) is 2.76. The van der Waals surface area contributed by atoms with E-state index in [-0.39, 0.29) is 22.9 Å². The minimum atomic E-state index is -0.509. The highest BCUT2D eigenvalue weighted by Crippen LogP contribution is 2.56. The van der Waals surface area contributed by atoms with Crippen molar-refractivity contribution >= 4 is 23.2 Å². The van der Waals surface area contributed by atoms with Crippen LogP contribution >= 0.6 is 0 Å². The molecule has 1 aromatic heterocycles. The topological polar surface area (TPSA) is 131 Å². The van der Waals surface area contributed by atoms with Crippen LogP contribution in [-0.2, 0) is 0 Å². The number of amides is 1. The predicted molar refractivity (Wildman–Crippen MR) is 117 cm³/mol. The van der Waals surface area contributed by atoms with E-state index in [4.69, 9.17) is 4.74 Å². The zero-order valence-electron chi connectivity index (χ0n) is 17.8. The molecule has 0 aliphatic heterocycles. The summed E-state index contributed by atoms with van der Waals surface area (Å²) in [5.74, 6) is 2.40. The lowest BCUT2D eigenvalue weighted by Crippen LogP contribution is -2.55. The third kappa shape index (κ3) is 3.80. The van der Waals surface area contributed by atoms with Crippen molar-refractivity contribution in [3.63, 3.8) is 0 Å². The number of hydrazine groups is 1. The summed E-state index contributed by atoms with van der Waals surface area (Å²) in [7, 11) is 1.54. The van der Waals surface area contributed by atoms with E-state index in [0.29, 0.717) is 29.1 Å². The number of rotatable bonds is 7. The number of nitro groups is 1. The molecule has 4 saturated carbocycles. The number of methoxy groups -OCH3 is 1. The average molecular weight is 438 g/mol. The first-order valence-corrected chi connectivity index (χ1v) is 10.9. The molecule has 1 amide bonds. The van der Waals surface area contributed by atoms with Crippen LogP contribution in [0.4, 0.5) is 17.3 Å². The molecule has 10 nitrogen and oxygen atoms in total. The fourth-order valence-electron chi connectivity index (χ4n) is 6.18. The molecule has 4 fully saturated rings. The first-order chi connectivity index (χ1) is 15.4. The summed E-state index contributed by atoms with van der Waals surface area (Å²) in [5, 5.41) is 15.4. The van der Waals surface area contributed by atoms with E-state index in [9.17, 15) is 14.9 Å². The first-order valence-electron chi connectivity index (χ1n) is 10.9. The number of carbonyl (C=O) groups excluding carboxylic acids is 1. The number of hydrogen-bond donors (Lipinski definition) is 3. The minimum Gasteiger partial charge on any atom is -0.497 e. The number of benzene rings is 1. The maximum absolute atomic E-state index is 12.4. The summed E-state index contributed by atoms with van der Waals surface area (Å²) in [6.45, 7) is 0. The lowest BCUT2D eigenvalue weighted by Gasteiger charge is -2.57. The van der Waals surface area contributed by atoms with E-state index in [0.717, 1.165) is 19.3 Å². The molecule has 4 aliphatic carbocycles. The second-order valence-electron chi connectivity index (χ2n) is 9.31. The maximum atomic E-state index is 12.4. The van der Waals surface area contributed by atoms with Crippen molar-refractivity contribution in [3.05, 3.63) is 46.3 Å². The van der Waals surface area contributed by atoms with Crippen LogP contribution < -0.4 is 20.9 Å². The fraction of sp³-hybridized carbons (Fsp3) is 0.500. The van der Waals surface area contributed by atoms with Gasteiger partial charge in [0.15, 0.2) is 0 Å². The number of anilines is 2. The normalized spacial score (nSPS) is 27.6. The van der Waals surface area contributed by atoms with Crippen molar-refractivity contribution in [1.82, 2.24) is 15.4 Å². The van der Waals surface area contributed by atoms with Gasteiger partial charge in [-0.2, -0.15) is 0 Å². The quantitative estimate of drug-likeness (QED) is 0.442. The molecule has 1 aromatic carbocycles. The molecular formula is C22H26N6O4. The van der Waals surface area contributed by atoms with Crippen molar-refractivity contribution in [1.29, 1.82) is 0 Å². The van der Waals surface area contributed by atoms with Crippen LogP contribution in [0.15, 0.2) is 30.6 Å². The summed E-state index contributed by atoms with van der Waals surface area (Å²) in [5.41, 5.74) is 5.06. The predicted octanol–water partition coefficient (Wildman–Crippen LogP) is 3.53. The molecule has 1 heterocycles. The van der Waals surface area contributed by atoms with E-state index in [1.54, 1.807) is 31.4 Å². The van der Waals surface area contributed by atoms with Gasteiger partial charge in [0.1, 0.15) is 12.1 Å². The van der Waals surface area contributed by atoms with Crippen molar-refractivity contribution in [2.75, 3.05) is 17.9 Å². The van der Waals surface area contributed by atoms with Crippen molar-refractivity contribution < 1.29 is 14.5 Å². The Morgan fingerprint density at radius 2 is 1.66 bits per heavy atom. The van der Waals surface area contributed by atoms with Crippen molar-refractivity contribution in [3.8, 4) is 5.75 Å². The van der Waals surface area contributed by atoms with E-state index in [1.165, 1.54) is 25.6 Å². The monoisotopic (exact) mass is 438 g/mol. The highest BCUT2D eigenvalue weighted by atomic mass is 16.6. The van der Waals surface area contributed by atoms with Gasteiger partial charge < -0.3 is 10.1 Å². The third-order valence-electron chi connectivity index (χ3n) is 7.07. The molecule has 0 unspecified atom stereocenters. The van der Waals surface area contributed by atoms with Gasteiger partial charge in [0.05, 0.1) is 12.0 Å². The summed E-state index contributed by atoms with van der Waals surface area (Å²) in [6, 6.07) is 6.53. The number of nitrogens with one attached hydrogen (secondary N) is 3. The summed E-state index contributed by atoms with van der Waals surface area (Å²) in [6.07, 6.45) is 8.17. The molecule has 3 N–H and O–H groups in total. The number of ether oxygens (including phenoxy) is 1. The Labute approximate surface area is 185 Å². The Kier molecular flexibility index (Phi) is 5.07. The highest BCUT2D eigenvalue weighted by Gasteiger charge is 2.51. The van der Waals surface area contributed by atoms with E-state index in [1.807, 2.05) is 0 Å². The van der Waals surface area contributed by atoms with Crippen LogP contribution in [0.2, 0.25) is 0 Å². The largest absolute Gasteiger partial charge is 0.497 e. The molecule has 6 rings (SSSR count). The molecule has 0 saturated heterocycles. The Morgan fingerprint density at radius 1 is 1.06 bits per heavy atom. The van der Waals surface area contributed by atoms with Gasteiger partial charge in [-0.1, -0.05) is 0 Å². The number of nitrogens with zero attached hydrogens (tertiary/aromatic N) is 3. The first kappa shape index (κ1) is 20.5. The lowest BCUT2D eigenvalue weighted by molar-refractivity contribution is -0.383. The van der Waals surface area contributed by atoms with Gasteiger partial charge in [-0.25, -0.2) is 9.97 Å². The Morgan fingerprint density at radius 3 is 2.22 bits per heavy atom. The van der Waals surface area contributed by atoms with Gasteiger partial charge in [0, 0.05) is 11.1 Å². The lowest BCUT2D eigenvalue weighted by atomic mass is 9.53. The Bertz CT molecular complexity index is 1010. The fourth-order valence-corrected chi connectivity index (χ4v) is 6.18. The number of hydrogen-bond acceptors (Lipinski definition) is 8. The van der Waals surface area contributed by atoms with Gasteiger partial charge in [-0.3, -0.25) is 25.8 Å². The number of aromatic nitrogens is 2. The molecule has 4 bridgehead atoms. The SMILES string of the molecule is COc1ccc(C(=O)NNc2ncnc(NC34CC5CC(CC(C5)C3)C4)c2[N+](=O)[O-])cc1. The second kappa shape index (κ2) is 7.92. The molecular weight excluding hydrogens is 412 g/mol. The molecule has 2 aromatic rings. The van der Waals surface area contributed by atoms with Crippen LogP contribution in [0, 0.1) is 27.9 Å². The van der Waals surface area contributed by atoms with Gasteiger partial charge in [0.2, 0.25) is 11.6 Å². The summed E-state index contributed by atoms with van der Waals surface area (Å²) < 4.78 is 5.09. The van der Waals surface area contributed by atoms with Crippen LogP contribution in [0.3, 0.4) is 0 Å². The van der Waals surface area contributed by atoms with Gasteiger partial charge in [0.25, 0.3) is 5.91 Å². The van der Waals surface area contributed by atoms with Gasteiger partial charge in [-0.15, -0.1) is 0 Å². The maximum Gasteiger partial charge on any atom is 0.354 e.